The lowest BCUT2D eigenvalue weighted by Crippen LogP contribution is -2.30. The lowest BCUT2D eigenvalue weighted by Gasteiger charge is -2.18. The van der Waals surface area contributed by atoms with Crippen LogP contribution >= 0.6 is 0 Å². The zero-order valence-electron chi connectivity index (χ0n) is 12.8. The SMILES string of the molecule is CCCOc1ccc(S(=O)(=O)N(C)CCOC)cc1CN. The van der Waals surface area contributed by atoms with Gasteiger partial charge < -0.3 is 15.2 Å². The molecule has 0 fully saturated rings. The van der Waals surface area contributed by atoms with E-state index in [0.717, 1.165) is 6.42 Å². The van der Waals surface area contributed by atoms with Crippen LogP contribution in [-0.2, 0) is 21.3 Å². The van der Waals surface area contributed by atoms with Gasteiger partial charge in [-0.05, 0) is 24.6 Å². The van der Waals surface area contributed by atoms with Crippen LogP contribution in [-0.4, -0.2) is 46.6 Å². The molecule has 0 saturated heterocycles. The minimum atomic E-state index is -3.54. The van der Waals surface area contributed by atoms with Crippen molar-refractivity contribution in [2.24, 2.45) is 5.73 Å². The van der Waals surface area contributed by atoms with Crippen LogP contribution in [0, 0.1) is 0 Å². The fourth-order valence-corrected chi connectivity index (χ4v) is 2.95. The molecule has 1 aromatic rings. The average molecular weight is 316 g/mol. The fourth-order valence-electron chi connectivity index (χ4n) is 1.75. The highest BCUT2D eigenvalue weighted by atomic mass is 32.2. The number of benzene rings is 1. The average Bonchev–Trinajstić information content (AvgIpc) is 2.50. The molecular weight excluding hydrogens is 292 g/mol. The van der Waals surface area contributed by atoms with E-state index in [4.69, 9.17) is 15.2 Å². The molecule has 120 valence electrons. The fraction of sp³-hybridized carbons (Fsp3) is 0.571. The van der Waals surface area contributed by atoms with E-state index in [0.29, 0.717) is 31.1 Å². The number of rotatable bonds is 9. The summed E-state index contributed by atoms with van der Waals surface area (Å²) < 4.78 is 36.6. The highest BCUT2D eigenvalue weighted by Crippen LogP contribution is 2.24. The van der Waals surface area contributed by atoms with Gasteiger partial charge in [-0.25, -0.2) is 8.42 Å². The van der Waals surface area contributed by atoms with E-state index in [1.165, 1.54) is 18.5 Å². The largest absolute Gasteiger partial charge is 0.493 e. The summed E-state index contributed by atoms with van der Waals surface area (Å²) in [6.45, 7) is 3.45. The Morgan fingerprint density at radius 2 is 2.00 bits per heavy atom. The molecule has 0 aliphatic carbocycles. The van der Waals surface area contributed by atoms with Gasteiger partial charge in [-0.3, -0.25) is 0 Å². The third kappa shape index (κ3) is 4.67. The summed E-state index contributed by atoms with van der Waals surface area (Å²) >= 11 is 0. The van der Waals surface area contributed by atoms with Crippen LogP contribution in [0.1, 0.15) is 18.9 Å². The number of ether oxygens (including phenoxy) is 2. The first kappa shape index (κ1) is 17.9. The van der Waals surface area contributed by atoms with E-state index in [9.17, 15) is 8.42 Å². The van der Waals surface area contributed by atoms with Gasteiger partial charge in [0.1, 0.15) is 5.75 Å². The van der Waals surface area contributed by atoms with E-state index >= 15 is 0 Å². The van der Waals surface area contributed by atoms with Crippen molar-refractivity contribution in [3.05, 3.63) is 23.8 Å². The van der Waals surface area contributed by atoms with Gasteiger partial charge in [-0.15, -0.1) is 0 Å². The summed E-state index contributed by atoms with van der Waals surface area (Å²) in [5.41, 5.74) is 6.37. The number of likely N-dealkylation sites (N-methyl/N-ethyl adjacent to an activating group) is 1. The third-order valence-electron chi connectivity index (χ3n) is 3.03. The molecule has 0 aromatic heterocycles. The van der Waals surface area contributed by atoms with Crippen LogP contribution in [0.2, 0.25) is 0 Å². The van der Waals surface area contributed by atoms with Crippen LogP contribution < -0.4 is 10.5 Å². The second-order valence-electron chi connectivity index (χ2n) is 4.64. The number of hydrogen-bond donors (Lipinski definition) is 1. The summed E-state index contributed by atoms with van der Waals surface area (Å²) in [6, 6.07) is 4.78. The van der Waals surface area contributed by atoms with Crippen molar-refractivity contribution in [2.75, 3.05) is 33.9 Å². The Morgan fingerprint density at radius 3 is 2.57 bits per heavy atom. The zero-order chi connectivity index (χ0) is 15.9. The Bertz CT molecular complexity index is 546. The molecule has 0 amide bonds. The smallest absolute Gasteiger partial charge is 0.242 e. The highest BCUT2D eigenvalue weighted by Gasteiger charge is 2.21. The van der Waals surface area contributed by atoms with Gasteiger partial charge in [0.25, 0.3) is 0 Å². The molecule has 0 saturated carbocycles. The zero-order valence-corrected chi connectivity index (χ0v) is 13.6. The standard InChI is InChI=1S/C14H24N2O4S/c1-4-8-20-14-6-5-13(10-12(14)11-15)21(17,18)16(2)7-9-19-3/h5-6,10H,4,7-9,11,15H2,1-3H3. The lowest BCUT2D eigenvalue weighted by atomic mass is 10.2. The molecule has 1 rings (SSSR count). The van der Waals surface area contributed by atoms with E-state index in [2.05, 4.69) is 0 Å². The molecule has 21 heavy (non-hydrogen) atoms. The normalized spacial score (nSPS) is 11.9. The van der Waals surface area contributed by atoms with E-state index in [1.54, 1.807) is 18.2 Å². The predicted molar refractivity (Wildman–Crippen MR) is 81.8 cm³/mol. The summed E-state index contributed by atoms with van der Waals surface area (Å²) in [7, 11) is -0.479. The maximum Gasteiger partial charge on any atom is 0.242 e. The maximum atomic E-state index is 12.4. The Hall–Kier alpha value is -1.15. The van der Waals surface area contributed by atoms with Gasteiger partial charge in [0.2, 0.25) is 10.0 Å². The van der Waals surface area contributed by atoms with Crippen molar-refractivity contribution >= 4 is 10.0 Å². The minimum Gasteiger partial charge on any atom is -0.493 e. The Labute approximate surface area is 126 Å². The molecule has 0 bridgehead atoms. The second kappa shape index (κ2) is 8.33. The number of sulfonamides is 1. The first-order valence-electron chi connectivity index (χ1n) is 6.88. The first-order chi connectivity index (χ1) is 9.97. The minimum absolute atomic E-state index is 0.213. The second-order valence-corrected chi connectivity index (χ2v) is 6.69. The predicted octanol–water partition coefficient (Wildman–Crippen LogP) is 1.20. The van der Waals surface area contributed by atoms with Gasteiger partial charge >= 0.3 is 0 Å². The summed E-state index contributed by atoms with van der Waals surface area (Å²) in [6.07, 6.45) is 0.879. The molecule has 2 N–H and O–H groups in total. The molecule has 0 aliphatic rings. The van der Waals surface area contributed by atoms with Crippen LogP contribution in [0.5, 0.6) is 5.75 Å². The number of methoxy groups -OCH3 is 1. The molecule has 0 radical (unpaired) electrons. The number of nitrogens with two attached hydrogens (primary N) is 1. The van der Waals surface area contributed by atoms with Crippen LogP contribution in [0.3, 0.4) is 0 Å². The molecule has 0 atom stereocenters. The van der Waals surface area contributed by atoms with Gasteiger partial charge in [0, 0.05) is 32.8 Å². The van der Waals surface area contributed by atoms with Crippen molar-refractivity contribution in [2.45, 2.75) is 24.8 Å². The Balaban J connectivity index is 3.02. The van der Waals surface area contributed by atoms with Crippen molar-refractivity contribution < 1.29 is 17.9 Å². The molecule has 0 spiro atoms. The van der Waals surface area contributed by atoms with Crippen LogP contribution in [0.15, 0.2) is 23.1 Å². The van der Waals surface area contributed by atoms with Crippen molar-refractivity contribution in [1.82, 2.24) is 4.31 Å². The summed E-state index contributed by atoms with van der Waals surface area (Å²) in [5, 5.41) is 0. The molecule has 6 nitrogen and oxygen atoms in total. The maximum absolute atomic E-state index is 12.4. The quantitative estimate of drug-likeness (QED) is 0.740. The molecule has 1 aromatic carbocycles. The summed E-state index contributed by atoms with van der Waals surface area (Å²) in [5.74, 6) is 0.637. The molecule has 0 unspecified atom stereocenters. The van der Waals surface area contributed by atoms with Gasteiger partial charge in [0.15, 0.2) is 0 Å². The highest BCUT2D eigenvalue weighted by molar-refractivity contribution is 7.89. The number of nitrogens with zero attached hydrogens (tertiary/aromatic N) is 1. The first-order valence-corrected chi connectivity index (χ1v) is 8.32. The van der Waals surface area contributed by atoms with Crippen molar-refractivity contribution in [3.63, 3.8) is 0 Å². The van der Waals surface area contributed by atoms with Crippen molar-refractivity contribution in [3.8, 4) is 5.75 Å². The monoisotopic (exact) mass is 316 g/mol. The van der Waals surface area contributed by atoms with E-state index < -0.39 is 10.0 Å². The van der Waals surface area contributed by atoms with Gasteiger partial charge in [-0.2, -0.15) is 4.31 Å². The van der Waals surface area contributed by atoms with Crippen LogP contribution in [0.4, 0.5) is 0 Å². The van der Waals surface area contributed by atoms with Gasteiger partial charge in [0.05, 0.1) is 18.1 Å². The van der Waals surface area contributed by atoms with Crippen molar-refractivity contribution in [1.29, 1.82) is 0 Å². The Kier molecular flexibility index (Phi) is 7.10. The molecule has 7 heteroatoms. The molecular formula is C14H24N2O4S. The van der Waals surface area contributed by atoms with Crippen LogP contribution in [0.25, 0.3) is 0 Å². The van der Waals surface area contributed by atoms with Gasteiger partial charge in [-0.1, -0.05) is 6.92 Å². The summed E-state index contributed by atoms with van der Waals surface area (Å²) in [4.78, 5) is 0.213. The van der Waals surface area contributed by atoms with E-state index in [1.807, 2.05) is 6.92 Å². The lowest BCUT2D eigenvalue weighted by molar-refractivity contribution is 0.185. The Morgan fingerprint density at radius 1 is 1.29 bits per heavy atom. The third-order valence-corrected chi connectivity index (χ3v) is 4.88. The number of hydrogen-bond acceptors (Lipinski definition) is 5. The molecule has 0 aliphatic heterocycles. The molecule has 0 heterocycles. The topological polar surface area (TPSA) is 81.9 Å². The van der Waals surface area contributed by atoms with E-state index in [-0.39, 0.29) is 11.4 Å².